The van der Waals surface area contributed by atoms with Gasteiger partial charge in [0.05, 0.1) is 18.5 Å². The van der Waals surface area contributed by atoms with Crippen LogP contribution in [0.4, 0.5) is 5.82 Å². The van der Waals surface area contributed by atoms with Gasteiger partial charge < -0.3 is 15.0 Å². The van der Waals surface area contributed by atoms with Gasteiger partial charge in [0.2, 0.25) is 11.8 Å². The van der Waals surface area contributed by atoms with Gasteiger partial charge in [0, 0.05) is 23.4 Å². The summed E-state index contributed by atoms with van der Waals surface area (Å²) in [6, 6.07) is 9.40. The molecule has 3 rings (SSSR count). The summed E-state index contributed by atoms with van der Waals surface area (Å²) in [5, 5.41) is 7.77. The molecule has 1 aromatic carbocycles. The highest BCUT2D eigenvalue weighted by Crippen LogP contribution is 2.28. The maximum Gasteiger partial charge on any atom is 0.245 e. The van der Waals surface area contributed by atoms with Crippen LogP contribution in [0.15, 0.2) is 30.3 Å². The van der Waals surface area contributed by atoms with Crippen LogP contribution in [0.3, 0.4) is 0 Å². The minimum Gasteiger partial charge on any atom is -0.497 e. The molecule has 0 radical (unpaired) electrons. The van der Waals surface area contributed by atoms with E-state index in [4.69, 9.17) is 9.84 Å². The van der Waals surface area contributed by atoms with Gasteiger partial charge >= 0.3 is 0 Å². The Labute approximate surface area is 197 Å². The molecule has 180 valence electrons. The summed E-state index contributed by atoms with van der Waals surface area (Å²) in [7, 11) is 1.63. The van der Waals surface area contributed by atoms with E-state index in [9.17, 15) is 9.59 Å². The molecule has 1 aliphatic carbocycles. The second kappa shape index (κ2) is 10.4. The van der Waals surface area contributed by atoms with Crippen LogP contribution in [0.25, 0.3) is 5.69 Å². The Morgan fingerprint density at radius 1 is 1.15 bits per heavy atom. The van der Waals surface area contributed by atoms with E-state index in [1.165, 1.54) is 6.42 Å². The zero-order chi connectivity index (χ0) is 24.2. The Morgan fingerprint density at radius 2 is 1.79 bits per heavy atom. The van der Waals surface area contributed by atoms with Crippen LogP contribution in [-0.2, 0) is 15.0 Å². The molecule has 0 aliphatic heterocycles. The summed E-state index contributed by atoms with van der Waals surface area (Å²) in [6.07, 6.45) is 5.21. The third kappa shape index (κ3) is 6.15. The van der Waals surface area contributed by atoms with Gasteiger partial charge in [0.15, 0.2) is 0 Å². The summed E-state index contributed by atoms with van der Waals surface area (Å²) in [5.41, 5.74) is 1.51. The number of hydrogen-bond donors (Lipinski definition) is 1. The number of methoxy groups -OCH3 is 1. The number of rotatable bonds is 7. The molecule has 1 heterocycles. The molecule has 0 saturated heterocycles. The van der Waals surface area contributed by atoms with Gasteiger partial charge in [-0.15, -0.1) is 0 Å². The van der Waals surface area contributed by atoms with Crippen molar-refractivity contribution >= 4 is 17.6 Å². The molecule has 1 fully saturated rings. The summed E-state index contributed by atoms with van der Waals surface area (Å²) in [4.78, 5) is 27.9. The molecule has 7 heteroatoms. The molecule has 0 atom stereocenters. The largest absolute Gasteiger partial charge is 0.497 e. The van der Waals surface area contributed by atoms with Crippen LogP contribution in [-0.4, -0.2) is 46.2 Å². The number of hydrogen-bond acceptors (Lipinski definition) is 4. The quantitative estimate of drug-likeness (QED) is 0.643. The predicted molar refractivity (Wildman–Crippen MR) is 131 cm³/mol. The first-order valence-electron chi connectivity index (χ1n) is 12.0. The van der Waals surface area contributed by atoms with Crippen molar-refractivity contribution in [3.8, 4) is 11.4 Å². The van der Waals surface area contributed by atoms with Gasteiger partial charge in [-0.25, -0.2) is 4.68 Å². The van der Waals surface area contributed by atoms with Crippen molar-refractivity contribution in [1.29, 1.82) is 0 Å². The standard InChI is InChI=1S/C26H38N4O3/c1-18(2)29(25(32)19-10-8-7-9-11-19)17-24(31)27-23-16-22(26(3,4)5)28-30(23)20-12-14-21(33-6)15-13-20/h12-16,18-19H,7-11,17H2,1-6H3,(H,27,31). The Morgan fingerprint density at radius 3 is 2.33 bits per heavy atom. The summed E-state index contributed by atoms with van der Waals surface area (Å²) < 4.78 is 7.00. The highest BCUT2D eigenvalue weighted by atomic mass is 16.5. The Balaban J connectivity index is 1.82. The van der Waals surface area contributed by atoms with Crippen molar-refractivity contribution in [3.05, 3.63) is 36.0 Å². The van der Waals surface area contributed by atoms with Crippen molar-refractivity contribution < 1.29 is 14.3 Å². The Bertz CT molecular complexity index is 951. The summed E-state index contributed by atoms with van der Waals surface area (Å²) in [5.74, 6) is 1.25. The van der Waals surface area contributed by atoms with Gasteiger partial charge in [-0.2, -0.15) is 5.10 Å². The van der Waals surface area contributed by atoms with E-state index in [0.29, 0.717) is 5.82 Å². The lowest BCUT2D eigenvalue weighted by molar-refractivity contribution is -0.141. The molecule has 2 amide bonds. The lowest BCUT2D eigenvalue weighted by Crippen LogP contribution is -2.45. The van der Waals surface area contributed by atoms with Gasteiger partial charge in [0.1, 0.15) is 18.1 Å². The summed E-state index contributed by atoms with van der Waals surface area (Å²) in [6.45, 7) is 10.2. The highest BCUT2D eigenvalue weighted by molar-refractivity contribution is 5.94. The highest BCUT2D eigenvalue weighted by Gasteiger charge is 2.29. The van der Waals surface area contributed by atoms with E-state index in [1.54, 1.807) is 16.7 Å². The fourth-order valence-corrected chi connectivity index (χ4v) is 4.19. The molecular weight excluding hydrogens is 416 g/mol. The normalized spacial score (nSPS) is 14.9. The number of nitrogens with one attached hydrogen (secondary N) is 1. The van der Waals surface area contributed by atoms with Crippen molar-refractivity contribution in [2.75, 3.05) is 19.0 Å². The fourth-order valence-electron chi connectivity index (χ4n) is 4.19. The van der Waals surface area contributed by atoms with Gasteiger partial charge in [-0.05, 0) is 51.0 Å². The number of carbonyl (C=O) groups is 2. The number of benzene rings is 1. The third-order valence-electron chi connectivity index (χ3n) is 6.24. The lowest BCUT2D eigenvalue weighted by atomic mass is 9.88. The smallest absolute Gasteiger partial charge is 0.245 e. The second-order valence-corrected chi connectivity index (χ2v) is 10.2. The first kappa shape index (κ1) is 24.8. The van der Waals surface area contributed by atoms with Crippen molar-refractivity contribution in [2.24, 2.45) is 5.92 Å². The number of carbonyl (C=O) groups excluding carboxylic acids is 2. The van der Waals surface area contributed by atoms with Crippen LogP contribution in [0.1, 0.15) is 72.4 Å². The van der Waals surface area contributed by atoms with Crippen LogP contribution in [0.5, 0.6) is 5.75 Å². The number of anilines is 1. The zero-order valence-corrected chi connectivity index (χ0v) is 20.9. The van der Waals surface area contributed by atoms with Crippen LogP contribution >= 0.6 is 0 Å². The fraction of sp³-hybridized carbons (Fsp3) is 0.577. The number of amides is 2. The Hall–Kier alpha value is -2.83. The molecule has 33 heavy (non-hydrogen) atoms. The third-order valence-corrected chi connectivity index (χ3v) is 6.24. The minimum absolute atomic E-state index is 0.0334. The molecule has 0 spiro atoms. The molecule has 0 bridgehead atoms. The van der Waals surface area contributed by atoms with E-state index >= 15 is 0 Å². The molecule has 1 N–H and O–H groups in total. The monoisotopic (exact) mass is 454 g/mol. The SMILES string of the molecule is COc1ccc(-n2nc(C(C)(C)C)cc2NC(=O)CN(C(=O)C2CCCCC2)C(C)C)cc1. The van der Waals surface area contributed by atoms with Crippen molar-refractivity contribution in [2.45, 2.75) is 78.2 Å². The Kier molecular flexibility index (Phi) is 7.82. The average molecular weight is 455 g/mol. The van der Waals surface area contributed by atoms with E-state index in [1.807, 2.05) is 44.2 Å². The van der Waals surface area contributed by atoms with Crippen LogP contribution in [0.2, 0.25) is 0 Å². The van der Waals surface area contributed by atoms with Gasteiger partial charge in [-0.3, -0.25) is 9.59 Å². The average Bonchev–Trinajstić information content (AvgIpc) is 3.21. The molecule has 1 aliphatic rings. The number of nitrogens with zero attached hydrogens (tertiary/aromatic N) is 3. The first-order valence-corrected chi connectivity index (χ1v) is 12.0. The molecule has 0 unspecified atom stereocenters. The van der Waals surface area contributed by atoms with E-state index in [0.717, 1.165) is 42.8 Å². The second-order valence-electron chi connectivity index (χ2n) is 10.2. The maximum atomic E-state index is 13.1. The van der Waals surface area contributed by atoms with Crippen molar-refractivity contribution in [1.82, 2.24) is 14.7 Å². The van der Waals surface area contributed by atoms with Crippen LogP contribution < -0.4 is 10.1 Å². The number of aromatic nitrogens is 2. The van der Waals surface area contributed by atoms with Crippen LogP contribution in [0, 0.1) is 5.92 Å². The molecule has 7 nitrogen and oxygen atoms in total. The first-order chi connectivity index (χ1) is 15.6. The van der Waals surface area contributed by atoms with Crippen molar-refractivity contribution in [3.63, 3.8) is 0 Å². The van der Waals surface area contributed by atoms with Gasteiger partial charge in [0.25, 0.3) is 0 Å². The van der Waals surface area contributed by atoms with Gasteiger partial charge in [-0.1, -0.05) is 40.0 Å². The lowest BCUT2D eigenvalue weighted by Gasteiger charge is -2.31. The van der Waals surface area contributed by atoms with E-state index < -0.39 is 0 Å². The maximum absolute atomic E-state index is 13.1. The molecular formula is C26H38N4O3. The van der Waals surface area contributed by atoms with E-state index in [2.05, 4.69) is 26.1 Å². The molecule has 2 aromatic rings. The molecule has 1 aromatic heterocycles. The zero-order valence-electron chi connectivity index (χ0n) is 20.9. The predicted octanol–water partition coefficient (Wildman–Crippen LogP) is 4.93. The molecule has 1 saturated carbocycles. The number of ether oxygens (including phenoxy) is 1. The summed E-state index contributed by atoms with van der Waals surface area (Å²) >= 11 is 0. The van der Waals surface area contributed by atoms with E-state index in [-0.39, 0.29) is 35.7 Å². The minimum atomic E-state index is -0.219. The topological polar surface area (TPSA) is 76.5 Å².